The van der Waals surface area contributed by atoms with Gasteiger partial charge in [0.05, 0.1) is 6.61 Å². The molecule has 0 saturated carbocycles. The number of ether oxygens (including phenoxy) is 1. The van der Waals surface area contributed by atoms with E-state index in [1.54, 1.807) is 13.8 Å². The van der Waals surface area contributed by atoms with Gasteiger partial charge in [0, 0.05) is 37.3 Å². The smallest absolute Gasteiger partial charge is 0.249 e. The Bertz CT molecular complexity index is 348. The second-order valence-corrected chi connectivity index (χ2v) is 6.86. The molecule has 0 spiro atoms. The largest absolute Gasteiger partial charge is 0.383 e. The van der Waals surface area contributed by atoms with Crippen LogP contribution in [0.1, 0.15) is 34.1 Å². The number of amides is 2. The van der Waals surface area contributed by atoms with E-state index in [2.05, 4.69) is 23.3 Å². The lowest BCUT2D eigenvalue weighted by atomic mass is 9.87. The van der Waals surface area contributed by atoms with Gasteiger partial charge < -0.3 is 20.5 Å². The summed E-state index contributed by atoms with van der Waals surface area (Å²) in [6, 6.07) is 0. The standard InChI is InChI=1S/C15H30N2O4S/c1-11(2)9-21-10-15(3,4)13(19)14(20)17-6-5-12(18)16-7-8-22/h11,13,19,22H,5-10H2,1-4H3,(H,16,18)(H,17,20). The van der Waals surface area contributed by atoms with Gasteiger partial charge in [-0.25, -0.2) is 0 Å². The highest BCUT2D eigenvalue weighted by molar-refractivity contribution is 7.80. The minimum atomic E-state index is -1.18. The summed E-state index contributed by atoms with van der Waals surface area (Å²) < 4.78 is 5.51. The Labute approximate surface area is 138 Å². The van der Waals surface area contributed by atoms with E-state index >= 15 is 0 Å². The van der Waals surface area contributed by atoms with Gasteiger partial charge in [0.2, 0.25) is 11.8 Å². The molecule has 0 bridgehead atoms. The maximum absolute atomic E-state index is 11.9. The third-order valence-corrected chi connectivity index (χ3v) is 3.22. The maximum Gasteiger partial charge on any atom is 0.249 e. The number of hydrogen-bond acceptors (Lipinski definition) is 5. The summed E-state index contributed by atoms with van der Waals surface area (Å²) in [6.07, 6.45) is -1.00. The number of thiol groups is 1. The first kappa shape index (κ1) is 21.2. The van der Waals surface area contributed by atoms with E-state index in [1.165, 1.54) is 0 Å². The van der Waals surface area contributed by atoms with Gasteiger partial charge in [-0.3, -0.25) is 9.59 Å². The molecule has 0 radical (unpaired) electrons. The highest BCUT2D eigenvalue weighted by Crippen LogP contribution is 2.21. The molecule has 0 saturated heterocycles. The Kier molecular flexibility index (Phi) is 10.5. The molecular weight excluding hydrogens is 304 g/mol. The molecule has 0 heterocycles. The van der Waals surface area contributed by atoms with Crippen LogP contribution < -0.4 is 10.6 Å². The lowest BCUT2D eigenvalue weighted by Crippen LogP contribution is -2.46. The van der Waals surface area contributed by atoms with Gasteiger partial charge in [0.1, 0.15) is 6.10 Å². The van der Waals surface area contributed by atoms with Gasteiger partial charge in [-0.15, -0.1) is 0 Å². The summed E-state index contributed by atoms with van der Waals surface area (Å²) in [5, 5.41) is 15.3. The van der Waals surface area contributed by atoms with Crippen LogP contribution in [0.2, 0.25) is 0 Å². The fourth-order valence-corrected chi connectivity index (χ4v) is 1.78. The van der Waals surface area contributed by atoms with Crippen molar-refractivity contribution in [3.63, 3.8) is 0 Å². The number of rotatable bonds is 11. The molecule has 0 aliphatic carbocycles. The minimum Gasteiger partial charge on any atom is -0.383 e. The summed E-state index contributed by atoms with van der Waals surface area (Å²) in [6.45, 7) is 9.19. The van der Waals surface area contributed by atoms with Crippen molar-refractivity contribution in [2.75, 3.05) is 32.1 Å². The predicted octanol–water partition coefficient (Wildman–Crippen LogP) is 0.598. The molecule has 0 rings (SSSR count). The summed E-state index contributed by atoms with van der Waals surface area (Å²) in [4.78, 5) is 23.3. The summed E-state index contributed by atoms with van der Waals surface area (Å²) in [5.74, 6) is 0.336. The fourth-order valence-electron chi connectivity index (χ4n) is 1.67. The first-order valence-electron chi connectivity index (χ1n) is 7.61. The molecule has 3 N–H and O–H groups in total. The highest BCUT2D eigenvalue weighted by atomic mass is 32.1. The second kappa shape index (κ2) is 10.9. The SMILES string of the molecule is CC(C)COCC(C)(C)C(O)C(=O)NCCC(=O)NCCS. The number of nitrogens with one attached hydrogen (secondary N) is 2. The lowest BCUT2D eigenvalue weighted by Gasteiger charge is -2.29. The van der Waals surface area contributed by atoms with Crippen molar-refractivity contribution in [1.29, 1.82) is 0 Å². The molecule has 0 aliphatic heterocycles. The highest BCUT2D eigenvalue weighted by Gasteiger charge is 2.33. The van der Waals surface area contributed by atoms with Crippen molar-refractivity contribution in [2.24, 2.45) is 11.3 Å². The van der Waals surface area contributed by atoms with Gasteiger partial charge in [-0.2, -0.15) is 12.6 Å². The first-order valence-corrected chi connectivity index (χ1v) is 8.25. The molecule has 0 fully saturated rings. The molecule has 1 unspecified atom stereocenters. The molecule has 22 heavy (non-hydrogen) atoms. The summed E-state index contributed by atoms with van der Waals surface area (Å²) >= 11 is 3.99. The average molecular weight is 334 g/mol. The Morgan fingerprint density at radius 2 is 1.86 bits per heavy atom. The van der Waals surface area contributed by atoms with E-state index in [0.29, 0.717) is 31.4 Å². The third kappa shape index (κ3) is 9.27. The molecule has 0 aromatic rings. The van der Waals surface area contributed by atoms with Crippen LogP contribution in [0.5, 0.6) is 0 Å². The Morgan fingerprint density at radius 1 is 1.23 bits per heavy atom. The van der Waals surface area contributed by atoms with Gasteiger partial charge >= 0.3 is 0 Å². The molecule has 1 atom stereocenters. The molecule has 7 heteroatoms. The topological polar surface area (TPSA) is 87.7 Å². The van der Waals surface area contributed by atoms with E-state index < -0.39 is 17.4 Å². The Balaban J connectivity index is 4.10. The van der Waals surface area contributed by atoms with Crippen LogP contribution in [0.4, 0.5) is 0 Å². The first-order chi connectivity index (χ1) is 10.2. The van der Waals surface area contributed by atoms with Crippen LogP contribution in [0.25, 0.3) is 0 Å². The van der Waals surface area contributed by atoms with Crippen LogP contribution in [-0.4, -0.2) is 55.1 Å². The number of aliphatic hydroxyl groups is 1. The molecule has 2 amide bonds. The van der Waals surface area contributed by atoms with E-state index in [4.69, 9.17) is 4.74 Å². The number of hydrogen-bond donors (Lipinski definition) is 4. The van der Waals surface area contributed by atoms with E-state index in [1.807, 2.05) is 13.8 Å². The monoisotopic (exact) mass is 334 g/mol. The van der Waals surface area contributed by atoms with Crippen molar-refractivity contribution < 1.29 is 19.4 Å². The van der Waals surface area contributed by atoms with Crippen LogP contribution in [0.15, 0.2) is 0 Å². The Morgan fingerprint density at radius 3 is 2.41 bits per heavy atom. The normalized spacial score (nSPS) is 13.0. The van der Waals surface area contributed by atoms with E-state index in [-0.39, 0.29) is 18.9 Å². The van der Waals surface area contributed by atoms with Crippen LogP contribution in [0.3, 0.4) is 0 Å². The van der Waals surface area contributed by atoms with Crippen LogP contribution in [-0.2, 0) is 14.3 Å². The molecule has 6 nitrogen and oxygen atoms in total. The van der Waals surface area contributed by atoms with Crippen LogP contribution in [0, 0.1) is 11.3 Å². The average Bonchev–Trinajstić information content (AvgIpc) is 2.43. The zero-order valence-corrected chi connectivity index (χ0v) is 14.9. The predicted molar refractivity (Wildman–Crippen MR) is 89.9 cm³/mol. The minimum absolute atomic E-state index is 0.150. The molecular formula is C15H30N2O4S. The lowest BCUT2D eigenvalue weighted by molar-refractivity contribution is -0.138. The number of aliphatic hydroxyl groups excluding tert-OH is 1. The summed E-state index contributed by atoms with van der Waals surface area (Å²) in [7, 11) is 0. The third-order valence-electron chi connectivity index (χ3n) is 3.00. The number of carbonyl (C=O) groups is 2. The van der Waals surface area contributed by atoms with Crippen molar-refractivity contribution in [2.45, 2.75) is 40.2 Å². The number of carbonyl (C=O) groups excluding carboxylic acids is 2. The Hall–Kier alpha value is -0.790. The van der Waals surface area contributed by atoms with Gasteiger partial charge in [-0.05, 0) is 5.92 Å². The molecule has 0 aromatic heterocycles. The second-order valence-electron chi connectivity index (χ2n) is 6.41. The van der Waals surface area contributed by atoms with Gasteiger partial charge in [-0.1, -0.05) is 27.7 Å². The van der Waals surface area contributed by atoms with Crippen molar-refractivity contribution in [3.05, 3.63) is 0 Å². The van der Waals surface area contributed by atoms with Crippen LogP contribution >= 0.6 is 12.6 Å². The molecule has 0 aromatic carbocycles. The van der Waals surface area contributed by atoms with Gasteiger partial charge in [0.25, 0.3) is 0 Å². The van der Waals surface area contributed by atoms with E-state index in [0.717, 1.165) is 0 Å². The quantitative estimate of drug-likeness (QED) is 0.417. The van der Waals surface area contributed by atoms with Crippen molar-refractivity contribution >= 4 is 24.4 Å². The molecule has 130 valence electrons. The zero-order chi connectivity index (χ0) is 17.2. The zero-order valence-electron chi connectivity index (χ0n) is 14.0. The van der Waals surface area contributed by atoms with Gasteiger partial charge in [0.15, 0.2) is 0 Å². The van der Waals surface area contributed by atoms with E-state index in [9.17, 15) is 14.7 Å². The van der Waals surface area contributed by atoms with Crippen molar-refractivity contribution in [3.8, 4) is 0 Å². The molecule has 0 aliphatic rings. The van der Waals surface area contributed by atoms with Crippen molar-refractivity contribution in [1.82, 2.24) is 10.6 Å². The summed E-state index contributed by atoms with van der Waals surface area (Å²) in [5.41, 5.74) is -0.687. The maximum atomic E-state index is 11.9. The fraction of sp³-hybridized carbons (Fsp3) is 0.867.